The van der Waals surface area contributed by atoms with Crippen LogP contribution < -0.4 is 5.32 Å². The van der Waals surface area contributed by atoms with Crippen molar-refractivity contribution in [2.24, 2.45) is 5.92 Å². The van der Waals surface area contributed by atoms with Crippen LogP contribution in [0.3, 0.4) is 0 Å². The first kappa shape index (κ1) is 27.3. The highest BCUT2D eigenvalue weighted by atomic mass is 35.5. The third kappa shape index (κ3) is 5.31. The number of hydrogen-bond acceptors (Lipinski definition) is 6. The average Bonchev–Trinajstić information content (AvgIpc) is 3.60. The predicted octanol–water partition coefficient (Wildman–Crippen LogP) is 4.03. The van der Waals surface area contributed by atoms with Crippen molar-refractivity contribution in [1.29, 1.82) is 0 Å². The van der Waals surface area contributed by atoms with E-state index >= 15 is 0 Å². The Hall–Kier alpha value is -3.27. The molecular formula is C29H31ClN4O4S. The topological polar surface area (TPSA) is 103 Å². The number of amides is 3. The summed E-state index contributed by atoms with van der Waals surface area (Å²) in [6.45, 7) is 6.33. The zero-order chi connectivity index (χ0) is 27.8. The maximum atomic E-state index is 13.9. The Morgan fingerprint density at radius 1 is 1.21 bits per heavy atom. The number of benzene rings is 2. The third-order valence-corrected chi connectivity index (χ3v) is 8.72. The van der Waals surface area contributed by atoms with Gasteiger partial charge >= 0.3 is 0 Å². The summed E-state index contributed by atoms with van der Waals surface area (Å²) in [6, 6.07) is 11.6. The molecule has 3 amide bonds. The van der Waals surface area contributed by atoms with E-state index < -0.39 is 18.2 Å². The van der Waals surface area contributed by atoms with Gasteiger partial charge in [-0.25, -0.2) is 4.98 Å². The molecule has 2 aliphatic heterocycles. The number of aryl methyl sites for hydroxylation is 1. The van der Waals surface area contributed by atoms with Gasteiger partial charge in [-0.15, -0.1) is 11.3 Å². The number of aliphatic hydroxyl groups excluding tert-OH is 1. The van der Waals surface area contributed by atoms with E-state index in [9.17, 15) is 19.5 Å². The second-order valence-corrected chi connectivity index (χ2v) is 11.7. The van der Waals surface area contributed by atoms with E-state index in [1.807, 2.05) is 56.6 Å². The molecule has 10 heteroatoms. The van der Waals surface area contributed by atoms with Gasteiger partial charge in [0.15, 0.2) is 0 Å². The molecule has 2 aromatic carbocycles. The molecule has 1 saturated heterocycles. The Balaban J connectivity index is 1.28. The zero-order valence-electron chi connectivity index (χ0n) is 22.1. The number of aliphatic hydroxyl groups is 1. The number of carbonyl (C=O) groups excluding carboxylic acids is 3. The molecule has 0 saturated carbocycles. The molecule has 5 rings (SSSR count). The quantitative estimate of drug-likeness (QED) is 0.449. The molecule has 1 fully saturated rings. The molecule has 3 heterocycles. The molecule has 0 bridgehead atoms. The lowest BCUT2D eigenvalue weighted by atomic mass is 10.0. The van der Waals surface area contributed by atoms with Crippen LogP contribution in [0.1, 0.15) is 47.4 Å². The maximum absolute atomic E-state index is 13.9. The number of nitrogens with one attached hydrogen (secondary N) is 1. The van der Waals surface area contributed by atoms with Crippen LogP contribution in [0.2, 0.25) is 5.02 Å². The van der Waals surface area contributed by atoms with Crippen LogP contribution in [0.5, 0.6) is 0 Å². The summed E-state index contributed by atoms with van der Waals surface area (Å²) >= 11 is 7.88. The number of likely N-dealkylation sites (tertiary alicyclic amines) is 1. The fourth-order valence-electron chi connectivity index (χ4n) is 5.48. The fraction of sp³-hybridized carbons (Fsp3) is 0.379. The van der Waals surface area contributed by atoms with Gasteiger partial charge in [0.25, 0.3) is 5.91 Å². The zero-order valence-corrected chi connectivity index (χ0v) is 23.6. The normalized spacial score (nSPS) is 19.5. The number of rotatable bonds is 7. The van der Waals surface area contributed by atoms with Crippen molar-refractivity contribution in [3.63, 3.8) is 0 Å². The highest BCUT2D eigenvalue weighted by Crippen LogP contribution is 2.33. The molecule has 3 atom stereocenters. The Morgan fingerprint density at radius 2 is 1.95 bits per heavy atom. The second-order valence-electron chi connectivity index (χ2n) is 10.5. The summed E-state index contributed by atoms with van der Waals surface area (Å²) in [7, 11) is 0. The van der Waals surface area contributed by atoms with Gasteiger partial charge in [-0.05, 0) is 35.6 Å². The van der Waals surface area contributed by atoms with E-state index in [4.69, 9.17) is 11.6 Å². The van der Waals surface area contributed by atoms with Gasteiger partial charge in [-0.3, -0.25) is 14.4 Å². The Bertz CT molecular complexity index is 1410. The van der Waals surface area contributed by atoms with Crippen molar-refractivity contribution >= 4 is 40.7 Å². The number of thiazole rings is 1. The van der Waals surface area contributed by atoms with Gasteiger partial charge in [-0.2, -0.15) is 0 Å². The molecule has 1 aromatic heterocycles. The minimum Gasteiger partial charge on any atom is -0.391 e. The summed E-state index contributed by atoms with van der Waals surface area (Å²) in [6.07, 6.45) is -0.674. The van der Waals surface area contributed by atoms with Crippen molar-refractivity contribution in [3.8, 4) is 10.4 Å². The van der Waals surface area contributed by atoms with E-state index in [-0.39, 0.29) is 43.1 Å². The number of fused-ring (bicyclic) bond motifs is 1. The molecule has 0 radical (unpaired) electrons. The van der Waals surface area contributed by atoms with Crippen molar-refractivity contribution in [3.05, 3.63) is 75.4 Å². The van der Waals surface area contributed by atoms with Crippen LogP contribution in [-0.2, 0) is 22.7 Å². The average molecular weight is 567 g/mol. The van der Waals surface area contributed by atoms with E-state index in [2.05, 4.69) is 10.3 Å². The molecular weight excluding hydrogens is 536 g/mol. The molecule has 0 aliphatic carbocycles. The van der Waals surface area contributed by atoms with Gasteiger partial charge in [0.1, 0.15) is 12.1 Å². The second kappa shape index (κ2) is 11.1. The molecule has 2 aliphatic rings. The van der Waals surface area contributed by atoms with Gasteiger partial charge < -0.3 is 20.2 Å². The smallest absolute Gasteiger partial charge is 0.256 e. The molecule has 2 N–H and O–H groups in total. The van der Waals surface area contributed by atoms with E-state index in [1.165, 1.54) is 9.80 Å². The highest BCUT2D eigenvalue weighted by Gasteiger charge is 2.46. The first-order valence-electron chi connectivity index (χ1n) is 13.0. The Morgan fingerprint density at radius 3 is 2.59 bits per heavy atom. The first-order valence-corrected chi connectivity index (χ1v) is 14.3. The number of aromatic nitrogens is 1. The number of nitrogens with zero attached hydrogens (tertiary/aromatic N) is 3. The molecule has 8 nitrogen and oxygen atoms in total. The molecule has 204 valence electrons. The van der Waals surface area contributed by atoms with Crippen molar-refractivity contribution in [2.45, 2.75) is 58.5 Å². The summed E-state index contributed by atoms with van der Waals surface area (Å²) in [5.74, 6) is -1.18. The largest absolute Gasteiger partial charge is 0.391 e. The minimum absolute atomic E-state index is 0.0404. The fourth-order valence-corrected chi connectivity index (χ4v) is 6.56. The van der Waals surface area contributed by atoms with Crippen LogP contribution in [0.25, 0.3) is 10.4 Å². The third-order valence-electron chi connectivity index (χ3n) is 7.43. The van der Waals surface area contributed by atoms with E-state index in [0.29, 0.717) is 17.1 Å². The van der Waals surface area contributed by atoms with Gasteiger partial charge in [0.2, 0.25) is 11.8 Å². The van der Waals surface area contributed by atoms with Gasteiger partial charge in [-0.1, -0.05) is 61.8 Å². The highest BCUT2D eigenvalue weighted by molar-refractivity contribution is 7.13. The summed E-state index contributed by atoms with van der Waals surface area (Å²) in [5, 5.41) is 13.7. The van der Waals surface area contributed by atoms with Gasteiger partial charge in [0, 0.05) is 26.1 Å². The minimum atomic E-state index is -0.823. The van der Waals surface area contributed by atoms with Gasteiger partial charge in [0.05, 0.1) is 32.8 Å². The van der Waals surface area contributed by atoms with Crippen molar-refractivity contribution in [2.75, 3.05) is 6.54 Å². The van der Waals surface area contributed by atoms with Crippen LogP contribution in [-0.4, -0.2) is 62.3 Å². The SMILES string of the molecule is Cc1ncsc1-c1ccc(CNC(=O)C2CC(O)CN2C(=O)C(C(C)C)N2Cc3cccc(Cl)c3C2=O)cc1. The Labute approximate surface area is 236 Å². The number of hydrogen-bond donors (Lipinski definition) is 2. The number of carbonyl (C=O) groups is 3. The lowest BCUT2D eigenvalue weighted by Crippen LogP contribution is -2.55. The van der Waals surface area contributed by atoms with E-state index in [1.54, 1.807) is 23.5 Å². The van der Waals surface area contributed by atoms with Crippen LogP contribution in [0.15, 0.2) is 48.0 Å². The Kier molecular flexibility index (Phi) is 7.75. The standard InChI is InChI=1S/C29H31ClN4O4S/c1-16(2)25(34-13-20-5-4-6-22(30)24(20)28(34)37)29(38)33-14-21(35)11-23(33)27(36)31-12-18-7-9-19(10-8-18)26-17(3)32-15-39-26/h4-10,15-16,21,23,25,35H,11-14H2,1-3H3,(H,31,36). The monoisotopic (exact) mass is 566 g/mol. The summed E-state index contributed by atoms with van der Waals surface area (Å²) < 4.78 is 0. The van der Waals surface area contributed by atoms with Crippen LogP contribution >= 0.6 is 22.9 Å². The van der Waals surface area contributed by atoms with E-state index in [0.717, 1.165) is 27.3 Å². The number of halogens is 1. The molecule has 3 aromatic rings. The van der Waals surface area contributed by atoms with Crippen LogP contribution in [0.4, 0.5) is 0 Å². The van der Waals surface area contributed by atoms with Crippen molar-refractivity contribution in [1.82, 2.24) is 20.1 Å². The van der Waals surface area contributed by atoms with Crippen LogP contribution in [0, 0.1) is 12.8 Å². The number of β-amino-alcohol motifs (C(OH)–C–C–N with tert-alkyl or cyclic N) is 1. The van der Waals surface area contributed by atoms with Crippen molar-refractivity contribution < 1.29 is 19.5 Å². The predicted molar refractivity (Wildman–Crippen MR) is 150 cm³/mol. The lowest BCUT2D eigenvalue weighted by Gasteiger charge is -2.35. The lowest BCUT2D eigenvalue weighted by molar-refractivity contribution is -0.143. The maximum Gasteiger partial charge on any atom is 0.256 e. The molecule has 0 spiro atoms. The molecule has 3 unspecified atom stereocenters. The molecule has 39 heavy (non-hydrogen) atoms. The first-order chi connectivity index (χ1) is 18.7. The summed E-state index contributed by atoms with van der Waals surface area (Å²) in [4.78, 5) is 48.8. The summed E-state index contributed by atoms with van der Waals surface area (Å²) in [5.41, 5.74) is 5.98.